The van der Waals surface area contributed by atoms with Crippen molar-refractivity contribution in [1.82, 2.24) is 9.97 Å². The maximum Gasteiger partial charge on any atom is 0.310 e. The normalized spacial score (nSPS) is 11.2. The van der Waals surface area contributed by atoms with Crippen molar-refractivity contribution in [3.05, 3.63) is 12.0 Å². The molecule has 14 heavy (non-hydrogen) atoms. The van der Waals surface area contributed by atoms with E-state index in [1.54, 1.807) is 0 Å². The Labute approximate surface area is 80.4 Å². The number of carbonyl (C=O) groups is 1. The number of amides is 1. The summed E-state index contributed by atoms with van der Waals surface area (Å²) in [5.74, 6) is -1.36. The van der Waals surface area contributed by atoms with Crippen LogP contribution in [0.3, 0.4) is 0 Å². The highest BCUT2D eigenvalue weighted by atomic mass is 32.2. The number of primary amides is 1. The van der Waals surface area contributed by atoms with Crippen LogP contribution in [0, 0.1) is 0 Å². The van der Waals surface area contributed by atoms with Gasteiger partial charge < -0.3 is 14.9 Å². The van der Waals surface area contributed by atoms with Crippen molar-refractivity contribution in [2.24, 2.45) is 5.73 Å². The van der Waals surface area contributed by atoms with Crippen LogP contribution in [0.15, 0.2) is 6.33 Å². The van der Waals surface area contributed by atoms with E-state index >= 15 is 0 Å². The number of nitrogens with zero attached hydrogens (tertiary/aromatic N) is 1. The number of H-pyrrole nitrogens is 1. The van der Waals surface area contributed by atoms with Crippen molar-refractivity contribution in [2.75, 3.05) is 5.75 Å². The Morgan fingerprint density at radius 1 is 1.71 bits per heavy atom. The van der Waals surface area contributed by atoms with Gasteiger partial charge in [0.25, 0.3) is 11.8 Å². The van der Waals surface area contributed by atoms with Gasteiger partial charge in [0.2, 0.25) is 0 Å². The molecule has 1 aromatic rings. The van der Waals surface area contributed by atoms with Gasteiger partial charge in [-0.2, -0.15) is 8.42 Å². The summed E-state index contributed by atoms with van der Waals surface area (Å²) in [6, 6.07) is 0. The molecule has 78 valence electrons. The molecule has 8 heteroatoms. The van der Waals surface area contributed by atoms with Crippen molar-refractivity contribution in [3.63, 3.8) is 0 Å². The van der Waals surface area contributed by atoms with E-state index in [9.17, 15) is 13.2 Å². The first-order valence-corrected chi connectivity index (χ1v) is 5.29. The van der Waals surface area contributed by atoms with Crippen molar-refractivity contribution in [1.29, 1.82) is 0 Å². The minimum absolute atomic E-state index is 0.165. The number of nitrogens with one attached hydrogen (secondary N) is 1. The summed E-state index contributed by atoms with van der Waals surface area (Å²) < 4.78 is 26.5. The van der Waals surface area contributed by atoms with E-state index in [4.69, 9.17) is 5.73 Å². The summed E-state index contributed by atoms with van der Waals surface area (Å²) in [6.45, 7) is 1.41. The Morgan fingerprint density at radius 3 is 2.86 bits per heavy atom. The fourth-order valence-corrected chi connectivity index (χ4v) is 1.19. The van der Waals surface area contributed by atoms with Gasteiger partial charge in [-0.05, 0) is 6.92 Å². The maximum atomic E-state index is 11.0. The second-order valence-corrected chi connectivity index (χ2v) is 4.24. The summed E-state index contributed by atoms with van der Waals surface area (Å²) in [5, 5.41) is 0. The molecule has 1 heterocycles. The minimum Gasteiger partial charge on any atom is -0.364 e. The Bertz CT molecular complexity index is 436. The largest absolute Gasteiger partial charge is 0.364 e. The molecule has 0 aliphatic carbocycles. The van der Waals surface area contributed by atoms with Crippen LogP contribution >= 0.6 is 0 Å². The SMILES string of the molecule is CCS(=O)(=O)Oc1nc[nH]c1C(N)=O. The molecular formula is C6H9N3O4S. The topological polar surface area (TPSA) is 115 Å². The first kappa shape index (κ1) is 10.5. The van der Waals surface area contributed by atoms with Gasteiger partial charge in [-0.3, -0.25) is 4.79 Å². The summed E-state index contributed by atoms with van der Waals surface area (Å²) in [6.07, 6.45) is 1.13. The van der Waals surface area contributed by atoms with Crippen LogP contribution in [0.25, 0.3) is 0 Å². The lowest BCUT2D eigenvalue weighted by Gasteiger charge is -2.01. The Hall–Kier alpha value is -1.57. The van der Waals surface area contributed by atoms with Gasteiger partial charge in [-0.15, -0.1) is 0 Å². The second-order valence-electron chi connectivity index (χ2n) is 2.38. The molecule has 1 rings (SSSR count). The highest BCUT2D eigenvalue weighted by Gasteiger charge is 2.18. The van der Waals surface area contributed by atoms with E-state index in [1.165, 1.54) is 6.92 Å². The molecule has 0 spiro atoms. The number of aromatic amines is 1. The molecule has 7 nitrogen and oxygen atoms in total. The molecule has 0 atom stereocenters. The highest BCUT2D eigenvalue weighted by molar-refractivity contribution is 7.87. The highest BCUT2D eigenvalue weighted by Crippen LogP contribution is 2.13. The monoisotopic (exact) mass is 219 g/mol. The van der Waals surface area contributed by atoms with Crippen molar-refractivity contribution < 1.29 is 17.4 Å². The smallest absolute Gasteiger partial charge is 0.310 e. The van der Waals surface area contributed by atoms with Gasteiger partial charge in [0.15, 0.2) is 5.69 Å². The molecule has 1 amide bonds. The zero-order valence-electron chi connectivity index (χ0n) is 7.35. The fraction of sp³-hybridized carbons (Fsp3) is 0.333. The molecule has 1 aromatic heterocycles. The molecule has 0 saturated heterocycles. The third-order valence-corrected chi connectivity index (χ3v) is 2.53. The van der Waals surface area contributed by atoms with Crippen LogP contribution in [0.2, 0.25) is 0 Å². The predicted molar refractivity (Wildman–Crippen MR) is 47.2 cm³/mol. The number of imidazole rings is 1. The first-order valence-electron chi connectivity index (χ1n) is 3.71. The predicted octanol–water partition coefficient (Wildman–Crippen LogP) is -0.763. The lowest BCUT2D eigenvalue weighted by molar-refractivity contribution is 0.0994. The van der Waals surface area contributed by atoms with Crippen molar-refractivity contribution in [3.8, 4) is 5.88 Å². The number of carbonyl (C=O) groups excluding carboxylic acids is 1. The van der Waals surface area contributed by atoms with Gasteiger partial charge in [0, 0.05) is 0 Å². The maximum absolute atomic E-state index is 11.0. The zero-order valence-corrected chi connectivity index (χ0v) is 8.17. The van der Waals surface area contributed by atoms with Crippen molar-refractivity contribution >= 4 is 16.0 Å². The molecule has 0 aliphatic rings. The number of aromatic nitrogens is 2. The van der Waals surface area contributed by atoms with E-state index in [1.807, 2.05) is 0 Å². The van der Waals surface area contributed by atoms with Crippen molar-refractivity contribution in [2.45, 2.75) is 6.92 Å². The van der Waals surface area contributed by atoms with Gasteiger partial charge in [0.05, 0.1) is 12.1 Å². The van der Waals surface area contributed by atoms with Crippen LogP contribution in [0.1, 0.15) is 17.4 Å². The summed E-state index contributed by atoms with van der Waals surface area (Å²) in [7, 11) is -3.69. The van der Waals surface area contributed by atoms with Gasteiger partial charge in [0.1, 0.15) is 0 Å². The van der Waals surface area contributed by atoms with Crippen LogP contribution in [-0.4, -0.2) is 30.0 Å². The van der Waals surface area contributed by atoms with Gasteiger partial charge in [-0.1, -0.05) is 0 Å². The second kappa shape index (κ2) is 3.66. The van der Waals surface area contributed by atoms with Crippen LogP contribution < -0.4 is 9.92 Å². The average Bonchev–Trinajstić information content (AvgIpc) is 2.51. The van der Waals surface area contributed by atoms with E-state index in [0.717, 1.165) is 6.33 Å². The third kappa shape index (κ3) is 2.22. The Kier molecular flexibility index (Phi) is 2.75. The Balaban J connectivity index is 2.98. The molecule has 0 bridgehead atoms. The first-order chi connectivity index (χ1) is 6.46. The number of hydrogen-bond donors (Lipinski definition) is 2. The van der Waals surface area contributed by atoms with Crippen LogP contribution in [0.5, 0.6) is 5.88 Å². The quantitative estimate of drug-likeness (QED) is 0.645. The number of nitrogens with two attached hydrogens (primary N) is 1. The number of hydrogen-bond acceptors (Lipinski definition) is 5. The Morgan fingerprint density at radius 2 is 2.36 bits per heavy atom. The summed E-state index contributed by atoms with van der Waals surface area (Å²) in [4.78, 5) is 16.6. The summed E-state index contributed by atoms with van der Waals surface area (Å²) in [5.41, 5.74) is 4.77. The molecule has 3 N–H and O–H groups in total. The third-order valence-electron chi connectivity index (χ3n) is 1.41. The number of rotatable bonds is 4. The average molecular weight is 219 g/mol. The van der Waals surface area contributed by atoms with Crippen LogP contribution in [0.4, 0.5) is 0 Å². The van der Waals surface area contributed by atoms with E-state index in [-0.39, 0.29) is 17.3 Å². The molecule has 0 saturated carbocycles. The molecule has 0 fully saturated rings. The lowest BCUT2D eigenvalue weighted by atomic mass is 10.4. The molecule has 0 radical (unpaired) electrons. The lowest BCUT2D eigenvalue weighted by Crippen LogP contribution is -2.17. The van der Waals surface area contributed by atoms with Gasteiger partial charge in [-0.25, -0.2) is 4.98 Å². The van der Waals surface area contributed by atoms with E-state index in [0.29, 0.717) is 0 Å². The molecular weight excluding hydrogens is 210 g/mol. The standard InChI is InChI=1S/C6H9N3O4S/c1-2-14(11,12)13-6-4(5(7)10)8-3-9-6/h3H,2H2,1H3,(H2,7,10)(H,8,9). The molecule has 0 unspecified atom stereocenters. The molecule has 0 aromatic carbocycles. The minimum atomic E-state index is -3.69. The van der Waals surface area contributed by atoms with E-state index < -0.39 is 16.0 Å². The molecule has 0 aliphatic heterocycles. The summed E-state index contributed by atoms with van der Waals surface area (Å²) >= 11 is 0. The van der Waals surface area contributed by atoms with Crippen LogP contribution in [-0.2, 0) is 10.1 Å². The zero-order chi connectivity index (χ0) is 10.8. The van der Waals surface area contributed by atoms with E-state index in [2.05, 4.69) is 14.2 Å². The van der Waals surface area contributed by atoms with Gasteiger partial charge >= 0.3 is 10.1 Å². The fourth-order valence-electron chi connectivity index (χ4n) is 0.701.